The smallest absolute Gasteiger partial charge is 0.107 e. The van der Waals surface area contributed by atoms with E-state index in [1.807, 2.05) is 0 Å². The highest BCUT2D eigenvalue weighted by atomic mass is 79.9. The quantitative estimate of drug-likeness (QED) is 0.930. The average molecular weight is 303 g/mol. The Labute approximate surface area is 106 Å². The Balaban J connectivity index is 2.13. The van der Waals surface area contributed by atoms with Gasteiger partial charge < -0.3 is 5.32 Å². The molecule has 0 amide bonds. The van der Waals surface area contributed by atoms with Crippen LogP contribution in [0, 0.1) is 0 Å². The van der Waals surface area contributed by atoms with Gasteiger partial charge in [0.05, 0.1) is 14.4 Å². The van der Waals surface area contributed by atoms with E-state index >= 15 is 0 Å². The second-order valence-electron chi connectivity index (χ2n) is 3.01. The Morgan fingerprint density at radius 3 is 3.00 bits per heavy atom. The fourth-order valence-electron chi connectivity index (χ4n) is 1.19. The lowest BCUT2D eigenvalue weighted by Gasteiger charge is -1.94. The molecule has 0 radical (unpaired) electrons. The highest BCUT2D eigenvalue weighted by Crippen LogP contribution is 2.31. The fraction of sp³-hybridized carbons (Fsp3) is 0.300. The van der Waals surface area contributed by atoms with Crippen molar-refractivity contribution in [2.45, 2.75) is 13.5 Å². The molecule has 2 rings (SSSR count). The van der Waals surface area contributed by atoms with E-state index in [2.05, 4.69) is 50.7 Å². The van der Waals surface area contributed by atoms with Gasteiger partial charge in [-0.15, -0.1) is 22.7 Å². The Morgan fingerprint density at radius 2 is 2.33 bits per heavy atom. The molecule has 0 aromatic carbocycles. The molecule has 2 nitrogen and oxygen atoms in total. The number of thiazole rings is 1. The van der Waals surface area contributed by atoms with Crippen LogP contribution in [-0.4, -0.2) is 11.5 Å². The summed E-state index contributed by atoms with van der Waals surface area (Å²) in [7, 11) is 0. The minimum atomic E-state index is 0.869. The van der Waals surface area contributed by atoms with E-state index in [9.17, 15) is 0 Å². The lowest BCUT2D eigenvalue weighted by molar-refractivity contribution is 0.723. The van der Waals surface area contributed by atoms with Crippen molar-refractivity contribution in [3.05, 3.63) is 26.3 Å². The molecule has 1 N–H and O–H groups in total. The van der Waals surface area contributed by atoms with Gasteiger partial charge in [-0.3, -0.25) is 0 Å². The number of rotatable bonds is 4. The second-order valence-corrected chi connectivity index (χ2v) is 6.42. The first kappa shape index (κ1) is 11.3. The zero-order chi connectivity index (χ0) is 10.7. The summed E-state index contributed by atoms with van der Waals surface area (Å²) < 4.78 is 1.15. The van der Waals surface area contributed by atoms with E-state index in [0.717, 1.165) is 27.6 Å². The van der Waals surface area contributed by atoms with Gasteiger partial charge in [0, 0.05) is 11.9 Å². The molecule has 80 valence electrons. The number of aromatic nitrogens is 1. The van der Waals surface area contributed by atoms with Crippen LogP contribution in [0.2, 0.25) is 0 Å². The van der Waals surface area contributed by atoms with E-state index < -0.39 is 0 Å². The summed E-state index contributed by atoms with van der Waals surface area (Å²) in [6.07, 6.45) is 0. The third-order valence-electron chi connectivity index (χ3n) is 1.90. The number of halogens is 1. The lowest BCUT2D eigenvalue weighted by atomic mass is 10.4. The van der Waals surface area contributed by atoms with Crippen molar-refractivity contribution in [3.63, 3.8) is 0 Å². The standard InChI is InChI=1S/C10H11BrN2S2/c1-2-12-5-10-13-7(6-14-10)8-3-4-9(11)15-8/h3-4,6,12H,2,5H2,1H3. The third-order valence-corrected chi connectivity index (χ3v) is 4.40. The van der Waals surface area contributed by atoms with Crippen molar-refractivity contribution in [1.29, 1.82) is 0 Å². The third kappa shape index (κ3) is 2.87. The van der Waals surface area contributed by atoms with Crippen LogP contribution in [0.15, 0.2) is 21.3 Å². The molecule has 0 unspecified atom stereocenters. The van der Waals surface area contributed by atoms with Crippen molar-refractivity contribution >= 4 is 38.6 Å². The van der Waals surface area contributed by atoms with Crippen molar-refractivity contribution in [3.8, 4) is 10.6 Å². The van der Waals surface area contributed by atoms with Crippen LogP contribution in [0.3, 0.4) is 0 Å². The van der Waals surface area contributed by atoms with E-state index in [1.54, 1.807) is 22.7 Å². The van der Waals surface area contributed by atoms with Gasteiger partial charge in [0.2, 0.25) is 0 Å². The summed E-state index contributed by atoms with van der Waals surface area (Å²) in [5.41, 5.74) is 1.09. The summed E-state index contributed by atoms with van der Waals surface area (Å²) in [5.74, 6) is 0. The maximum atomic E-state index is 4.58. The van der Waals surface area contributed by atoms with Gasteiger partial charge in [-0.05, 0) is 34.6 Å². The van der Waals surface area contributed by atoms with Crippen molar-refractivity contribution < 1.29 is 0 Å². The summed E-state index contributed by atoms with van der Waals surface area (Å²) >= 11 is 6.89. The molecule has 2 heterocycles. The Kier molecular flexibility index (Phi) is 3.91. The number of hydrogen-bond acceptors (Lipinski definition) is 4. The van der Waals surface area contributed by atoms with Crippen LogP contribution in [0.1, 0.15) is 11.9 Å². The molecule has 0 saturated heterocycles. The molecule has 0 fully saturated rings. The molecule has 0 aliphatic carbocycles. The normalized spacial score (nSPS) is 10.8. The first-order chi connectivity index (χ1) is 7.29. The highest BCUT2D eigenvalue weighted by molar-refractivity contribution is 9.11. The largest absolute Gasteiger partial charge is 0.311 e. The monoisotopic (exact) mass is 302 g/mol. The predicted octanol–water partition coefficient (Wildman–Crippen LogP) is 3.74. The Morgan fingerprint density at radius 1 is 1.47 bits per heavy atom. The van der Waals surface area contributed by atoms with Crippen LogP contribution in [0.5, 0.6) is 0 Å². The molecule has 2 aromatic heterocycles. The van der Waals surface area contributed by atoms with Gasteiger partial charge in [0.1, 0.15) is 5.01 Å². The first-order valence-electron chi connectivity index (χ1n) is 4.70. The van der Waals surface area contributed by atoms with Crippen LogP contribution in [-0.2, 0) is 6.54 Å². The van der Waals surface area contributed by atoms with E-state index in [0.29, 0.717) is 0 Å². The fourth-order valence-corrected chi connectivity index (χ4v) is 3.37. The van der Waals surface area contributed by atoms with Gasteiger partial charge >= 0.3 is 0 Å². The highest BCUT2D eigenvalue weighted by Gasteiger charge is 2.06. The molecule has 0 spiro atoms. The SMILES string of the molecule is CCNCc1nc(-c2ccc(Br)s2)cs1. The molecule has 15 heavy (non-hydrogen) atoms. The molecule has 0 bridgehead atoms. The number of hydrogen-bond donors (Lipinski definition) is 1. The van der Waals surface area contributed by atoms with Crippen LogP contribution >= 0.6 is 38.6 Å². The molecule has 0 aliphatic rings. The van der Waals surface area contributed by atoms with Crippen LogP contribution in [0.4, 0.5) is 0 Å². The maximum absolute atomic E-state index is 4.58. The maximum Gasteiger partial charge on any atom is 0.107 e. The summed E-state index contributed by atoms with van der Waals surface area (Å²) in [6.45, 7) is 3.96. The summed E-state index contributed by atoms with van der Waals surface area (Å²) in [6, 6.07) is 4.16. The summed E-state index contributed by atoms with van der Waals surface area (Å²) in [4.78, 5) is 5.80. The molecule has 0 atom stereocenters. The first-order valence-corrected chi connectivity index (χ1v) is 7.19. The molecule has 5 heteroatoms. The minimum Gasteiger partial charge on any atom is -0.311 e. The van der Waals surface area contributed by atoms with Gasteiger partial charge in [-0.1, -0.05) is 6.92 Å². The number of nitrogens with zero attached hydrogens (tertiary/aromatic N) is 1. The van der Waals surface area contributed by atoms with Gasteiger partial charge in [0.15, 0.2) is 0 Å². The van der Waals surface area contributed by atoms with E-state index in [-0.39, 0.29) is 0 Å². The molecular weight excluding hydrogens is 292 g/mol. The number of thiophene rings is 1. The predicted molar refractivity (Wildman–Crippen MR) is 70.5 cm³/mol. The van der Waals surface area contributed by atoms with Gasteiger partial charge in [0.25, 0.3) is 0 Å². The molecule has 0 saturated carbocycles. The average Bonchev–Trinajstić information content (AvgIpc) is 2.83. The van der Waals surface area contributed by atoms with Crippen molar-refractivity contribution in [1.82, 2.24) is 10.3 Å². The minimum absolute atomic E-state index is 0.869. The lowest BCUT2D eigenvalue weighted by Crippen LogP contribution is -2.11. The molecule has 0 aliphatic heterocycles. The summed E-state index contributed by atoms with van der Waals surface area (Å²) in [5, 5.41) is 6.54. The van der Waals surface area contributed by atoms with Crippen LogP contribution < -0.4 is 5.32 Å². The van der Waals surface area contributed by atoms with Crippen LogP contribution in [0.25, 0.3) is 10.6 Å². The zero-order valence-electron chi connectivity index (χ0n) is 8.29. The van der Waals surface area contributed by atoms with Crippen molar-refractivity contribution in [2.75, 3.05) is 6.54 Å². The molecular formula is C10H11BrN2S2. The van der Waals surface area contributed by atoms with Gasteiger partial charge in [-0.2, -0.15) is 0 Å². The Bertz CT molecular complexity index is 436. The Hall–Kier alpha value is -0.230. The zero-order valence-corrected chi connectivity index (χ0v) is 11.5. The topological polar surface area (TPSA) is 24.9 Å². The molecule has 2 aromatic rings. The van der Waals surface area contributed by atoms with E-state index in [1.165, 1.54) is 4.88 Å². The van der Waals surface area contributed by atoms with E-state index in [4.69, 9.17) is 0 Å². The number of nitrogens with one attached hydrogen (secondary N) is 1. The second kappa shape index (κ2) is 5.21. The van der Waals surface area contributed by atoms with Gasteiger partial charge in [-0.25, -0.2) is 4.98 Å². The van der Waals surface area contributed by atoms with Crippen molar-refractivity contribution in [2.24, 2.45) is 0 Å².